The lowest BCUT2D eigenvalue weighted by atomic mass is 9.92. The highest BCUT2D eigenvalue weighted by molar-refractivity contribution is 5.79. The molecule has 0 N–H and O–H groups in total. The summed E-state index contributed by atoms with van der Waals surface area (Å²) in [4.78, 5) is 12.1. The zero-order valence-corrected chi connectivity index (χ0v) is 27.6. The van der Waals surface area contributed by atoms with Crippen LogP contribution >= 0.6 is 0 Å². The molecule has 5 nitrogen and oxygen atoms in total. The molecule has 5 aromatic rings. The number of hydrogen-bond acceptors (Lipinski definition) is 5. The van der Waals surface area contributed by atoms with Gasteiger partial charge in [0.05, 0.1) is 13.2 Å². The molecule has 2 unspecified atom stereocenters. The van der Waals surface area contributed by atoms with E-state index in [0.29, 0.717) is 26.2 Å². The lowest BCUT2D eigenvalue weighted by Gasteiger charge is -2.22. The fourth-order valence-corrected chi connectivity index (χ4v) is 6.15. The summed E-state index contributed by atoms with van der Waals surface area (Å²) < 4.78 is 23.3. The molecule has 0 aromatic heterocycles. The summed E-state index contributed by atoms with van der Waals surface area (Å²) in [5.74, 6) is 0.389. The number of esters is 1. The minimum Gasteiger partial charge on any atom is -0.491 e. The zero-order chi connectivity index (χ0) is 33.1. The number of carbonyl (C=O) groups excluding carboxylic acids is 1. The van der Waals surface area contributed by atoms with Crippen LogP contribution in [0.4, 0.5) is 0 Å². The summed E-state index contributed by atoms with van der Waals surface area (Å²) >= 11 is 0. The summed E-state index contributed by atoms with van der Waals surface area (Å²) in [6, 6.07) is 42.3. The van der Waals surface area contributed by atoms with Crippen molar-refractivity contribution in [2.24, 2.45) is 0 Å². The van der Waals surface area contributed by atoms with E-state index in [1.807, 2.05) is 30.3 Å². The van der Waals surface area contributed by atoms with Gasteiger partial charge in [0.1, 0.15) is 18.5 Å². The van der Waals surface area contributed by atoms with E-state index >= 15 is 0 Å². The van der Waals surface area contributed by atoms with Gasteiger partial charge in [-0.3, -0.25) is 0 Å². The number of methoxy groups -OCH3 is 1. The summed E-state index contributed by atoms with van der Waals surface area (Å²) in [5.41, 5.74) is 10.6. The quantitative estimate of drug-likeness (QED) is 0.0898. The minimum absolute atomic E-state index is 0.244. The first-order chi connectivity index (χ1) is 23.6. The number of hydrogen-bond donors (Lipinski definition) is 0. The summed E-state index contributed by atoms with van der Waals surface area (Å²) in [5, 5.41) is 0. The molecule has 0 saturated heterocycles. The second kappa shape index (κ2) is 16.2. The zero-order valence-electron chi connectivity index (χ0n) is 27.6. The number of carbonyl (C=O) groups is 1. The highest BCUT2D eigenvalue weighted by Gasteiger charge is 2.24. The van der Waals surface area contributed by atoms with Crippen LogP contribution in [0.5, 0.6) is 5.75 Å². The molecule has 244 valence electrons. The maximum Gasteiger partial charge on any atom is 0.335 e. The second-order valence-electron chi connectivity index (χ2n) is 11.9. The van der Waals surface area contributed by atoms with E-state index < -0.39 is 6.10 Å². The van der Waals surface area contributed by atoms with Crippen molar-refractivity contribution < 1.29 is 23.7 Å². The highest BCUT2D eigenvalue weighted by atomic mass is 16.6. The Labute approximate surface area is 283 Å². The van der Waals surface area contributed by atoms with Crippen LogP contribution in [0.25, 0.3) is 23.3 Å². The van der Waals surface area contributed by atoms with Crippen LogP contribution in [0.3, 0.4) is 0 Å². The van der Waals surface area contributed by atoms with Gasteiger partial charge in [0.2, 0.25) is 0 Å². The van der Waals surface area contributed by atoms with Crippen molar-refractivity contribution in [2.45, 2.75) is 38.4 Å². The Hall–Kier alpha value is -4.97. The van der Waals surface area contributed by atoms with Crippen molar-refractivity contribution in [2.75, 3.05) is 26.9 Å². The number of fused-ring (bicyclic) bond motifs is 2. The third-order valence-corrected chi connectivity index (χ3v) is 8.71. The van der Waals surface area contributed by atoms with Gasteiger partial charge in [-0.1, -0.05) is 115 Å². The molecule has 0 heterocycles. The Morgan fingerprint density at radius 1 is 0.667 bits per heavy atom. The molecule has 6 rings (SSSR count). The third-order valence-electron chi connectivity index (χ3n) is 8.71. The maximum absolute atomic E-state index is 12.1. The molecule has 0 spiro atoms. The Morgan fingerprint density at radius 2 is 1.38 bits per heavy atom. The normalized spacial score (nSPS) is 14.0. The predicted octanol–water partition coefficient (Wildman–Crippen LogP) is 8.93. The predicted molar refractivity (Wildman–Crippen MR) is 192 cm³/mol. The van der Waals surface area contributed by atoms with E-state index in [0.717, 1.165) is 40.8 Å². The monoisotopic (exact) mass is 638 g/mol. The second-order valence-corrected chi connectivity index (χ2v) is 11.9. The van der Waals surface area contributed by atoms with Crippen molar-refractivity contribution in [1.82, 2.24) is 0 Å². The Bertz CT molecular complexity index is 1810. The van der Waals surface area contributed by atoms with E-state index in [-0.39, 0.29) is 12.1 Å². The van der Waals surface area contributed by atoms with Gasteiger partial charge in [-0.05, 0) is 88.0 Å². The van der Waals surface area contributed by atoms with Gasteiger partial charge in [-0.2, -0.15) is 0 Å². The van der Waals surface area contributed by atoms with Crippen LogP contribution in [0.2, 0.25) is 0 Å². The van der Waals surface area contributed by atoms with Crippen molar-refractivity contribution in [3.8, 4) is 16.9 Å². The maximum atomic E-state index is 12.1. The largest absolute Gasteiger partial charge is 0.491 e. The molecule has 1 aliphatic rings. The third kappa shape index (κ3) is 8.29. The van der Waals surface area contributed by atoms with Crippen molar-refractivity contribution in [3.63, 3.8) is 0 Å². The molecule has 0 radical (unpaired) electrons. The van der Waals surface area contributed by atoms with Crippen LogP contribution in [-0.4, -0.2) is 39.0 Å². The Balaban J connectivity index is 1.18. The SMILES string of the molecule is CCOC(=O)C(Cc1ccc(OCCOC2c3ccc(-c4ccccc4)cc3C=Cc3ccc(CCc4ccccc4)cc32)cc1)OC. The first-order valence-electron chi connectivity index (χ1n) is 16.7. The smallest absolute Gasteiger partial charge is 0.335 e. The van der Waals surface area contributed by atoms with E-state index in [1.165, 1.54) is 34.9 Å². The van der Waals surface area contributed by atoms with Crippen molar-refractivity contribution in [1.29, 1.82) is 0 Å². The van der Waals surface area contributed by atoms with Crippen LogP contribution < -0.4 is 4.74 Å². The average molecular weight is 639 g/mol. The van der Waals surface area contributed by atoms with Crippen LogP contribution in [0, 0.1) is 0 Å². The molecule has 0 bridgehead atoms. The van der Waals surface area contributed by atoms with Gasteiger partial charge in [0, 0.05) is 13.5 Å². The first-order valence-corrected chi connectivity index (χ1v) is 16.7. The first kappa shape index (κ1) is 33.0. The average Bonchev–Trinajstić information content (AvgIpc) is 3.29. The number of aryl methyl sites for hydroxylation is 2. The van der Waals surface area contributed by atoms with E-state index in [1.54, 1.807) is 6.92 Å². The van der Waals surface area contributed by atoms with Crippen molar-refractivity contribution in [3.05, 3.63) is 160 Å². The number of benzene rings is 5. The van der Waals surface area contributed by atoms with Gasteiger partial charge >= 0.3 is 5.97 Å². The Kier molecular flexibility index (Phi) is 11.1. The summed E-state index contributed by atoms with van der Waals surface area (Å²) in [6.45, 7) is 2.92. The summed E-state index contributed by atoms with van der Waals surface area (Å²) in [6.07, 6.45) is 5.92. The van der Waals surface area contributed by atoms with Crippen LogP contribution in [0.15, 0.2) is 121 Å². The molecule has 48 heavy (non-hydrogen) atoms. The minimum atomic E-state index is -0.632. The van der Waals surface area contributed by atoms with Crippen molar-refractivity contribution >= 4 is 18.1 Å². The van der Waals surface area contributed by atoms with Crippen LogP contribution in [-0.2, 0) is 38.3 Å². The standard InChI is InChI=1S/C43H42O5/c1-3-46-43(44)41(45-2)29-33-17-23-38(24-18-33)47-26-27-48-42-39-25-22-36(34-12-8-5-9-13-34)30-37(39)21-20-35-19-16-32(28-40(35)42)15-14-31-10-6-4-7-11-31/h4-13,16-25,28,30,41-42H,3,14-15,26-27,29H2,1-2H3. The molecular formula is C43H42O5. The van der Waals surface area contributed by atoms with Crippen LogP contribution in [0.1, 0.15) is 52.0 Å². The van der Waals surface area contributed by atoms with Gasteiger partial charge < -0.3 is 18.9 Å². The van der Waals surface area contributed by atoms with Gasteiger partial charge in [-0.15, -0.1) is 0 Å². The summed E-state index contributed by atoms with van der Waals surface area (Å²) in [7, 11) is 1.52. The lowest BCUT2D eigenvalue weighted by molar-refractivity contribution is -0.154. The van der Waals surface area contributed by atoms with E-state index in [9.17, 15) is 4.79 Å². The number of rotatable bonds is 14. The van der Waals surface area contributed by atoms with E-state index in [4.69, 9.17) is 18.9 Å². The lowest BCUT2D eigenvalue weighted by Crippen LogP contribution is -2.27. The number of ether oxygens (including phenoxy) is 4. The Morgan fingerprint density at radius 3 is 2.12 bits per heavy atom. The fraction of sp³-hybridized carbons (Fsp3) is 0.233. The molecule has 1 aliphatic carbocycles. The van der Waals surface area contributed by atoms with Gasteiger partial charge in [0.25, 0.3) is 0 Å². The topological polar surface area (TPSA) is 54.0 Å². The molecular weight excluding hydrogens is 596 g/mol. The molecule has 0 saturated carbocycles. The molecule has 0 amide bonds. The molecule has 0 aliphatic heterocycles. The molecule has 5 heteroatoms. The molecule has 0 fully saturated rings. The molecule has 2 atom stereocenters. The highest BCUT2D eigenvalue weighted by Crippen LogP contribution is 2.38. The van der Waals surface area contributed by atoms with E-state index in [2.05, 4.69) is 103 Å². The van der Waals surface area contributed by atoms with Gasteiger partial charge in [0.15, 0.2) is 6.10 Å². The van der Waals surface area contributed by atoms with Gasteiger partial charge in [-0.25, -0.2) is 4.79 Å². The fourth-order valence-electron chi connectivity index (χ4n) is 6.15. The molecule has 5 aromatic carbocycles.